The van der Waals surface area contributed by atoms with Crippen LogP contribution in [0.1, 0.15) is 18.6 Å². The first-order valence-corrected chi connectivity index (χ1v) is 6.19. The van der Waals surface area contributed by atoms with Gasteiger partial charge in [0.15, 0.2) is 0 Å². The number of rotatable bonds is 4. The fraction of sp³-hybridized carbons (Fsp3) is 0.500. The highest BCUT2D eigenvalue weighted by Gasteiger charge is 2.23. The van der Waals surface area contributed by atoms with Crippen molar-refractivity contribution in [2.75, 3.05) is 20.3 Å². The van der Waals surface area contributed by atoms with Gasteiger partial charge in [-0.3, -0.25) is 0 Å². The van der Waals surface area contributed by atoms with Gasteiger partial charge in [-0.2, -0.15) is 0 Å². The maximum absolute atomic E-state index is 9.80. The van der Waals surface area contributed by atoms with Crippen molar-refractivity contribution in [2.24, 2.45) is 0 Å². The van der Waals surface area contributed by atoms with Gasteiger partial charge in [0.1, 0.15) is 5.75 Å². The molecule has 1 saturated heterocycles. The zero-order valence-electron chi connectivity index (χ0n) is 9.47. The summed E-state index contributed by atoms with van der Waals surface area (Å²) in [6.07, 6.45) is -0.514. The Labute approximate surface area is 99.8 Å². The standard InChI is InChI=1S/C12H16O3S/c1-8(13)12-10(14-2)4-3-5-11(12)16-9-6-15-7-9/h3-5,8-9,13H,6-7H2,1-2H3/t8-/m1/s1. The van der Waals surface area contributed by atoms with Gasteiger partial charge < -0.3 is 14.6 Å². The van der Waals surface area contributed by atoms with E-state index in [0.29, 0.717) is 5.25 Å². The topological polar surface area (TPSA) is 38.7 Å². The third-order valence-electron chi connectivity index (χ3n) is 2.56. The minimum atomic E-state index is -0.514. The molecule has 1 aromatic carbocycles. The number of aliphatic hydroxyl groups excluding tert-OH is 1. The Morgan fingerprint density at radius 3 is 2.75 bits per heavy atom. The average Bonchev–Trinajstić information content (AvgIpc) is 2.22. The summed E-state index contributed by atoms with van der Waals surface area (Å²) < 4.78 is 10.4. The minimum Gasteiger partial charge on any atom is -0.496 e. The molecule has 0 unspecified atom stereocenters. The first kappa shape index (κ1) is 11.8. The smallest absolute Gasteiger partial charge is 0.125 e. The number of aliphatic hydroxyl groups is 1. The molecule has 0 saturated carbocycles. The van der Waals surface area contributed by atoms with E-state index < -0.39 is 6.10 Å². The van der Waals surface area contributed by atoms with Crippen molar-refractivity contribution in [2.45, 2.75) is 23.2 Å². The molecule has 16 heavy (non-hydrogen) atoms. The quantitative estimate of drug-likeness (QED) is 0.876. The molecular weight excluding hydrogens is 224 g/mol. The summed E-state index contributed by atoms with van der Waals surface area (Å²) >= 11 is 1.75. The van der Waals surface area contributed by atoms with E-state index in [0.717, 1.165) is 29.4 Å². The summed E-state index contributed by atoms with van der Waals surface area (Å²) in [4.78, 5) is 1.09. The molecule has 3 nitrogen and oxygen atoms in total. The van der Waals surface area contributed by atoms with Crippen LogP contribution in [0.4, 0.5) is 0 Å². The lowest BCUT2D eigenvalue weighted by molar-refractivity contribution is 0.0454. The highest BCUT2D eigenvalue weighted by atomic mass is 32.2. The van der Waals surface area contributed by atoms with E-state index in [4.69, 9.17) is 9.47 Å². The molecular formula is C12H16O3S. The van der Waals surface area contributed by atoms with Crippen molar-refractivity contribution in [1.29, 1.82) is 0 Å². The van der Waals surface area contributed by atoms with E-state index >= 15 is 0 Å². The van der Waals surface area contributed by atoms with Gasteiger partial charge in [0.2, 0.25) is 0 Å². The van der Waals surface area contributed by atoms with Gasteiger partial charge in [-0.1, -0.05) is 6.07 Å². The first-order valence-electron chi connectivity index (χ1n) is 5.31. The predicted molar refractivity (Wildman–Crippen MR) is 64.1 cm³/mol. The van der Waals surface area contributed by atoms with E-state index in [1.54, 1.807) is 25.8 Å². The van der Waals surface area contributed by atoms with Gasteiger partial charge >= 0.3 is 0 Å². The molecule has 0 amide bonds. The second kappa shape index (κ2) is 5.08. The molecule has 1 N–H and O–H groups in total. The lowest BCUT2D eigenvalue weighted by Crippen LogP contribution is -2.30. The van der Waals surface area contributed by atoms with Gasteiger partial charge in [-0.25, -0.2) is 0 Å². The van der Waals surface area contributed by atoms with E-state index in [1.807, 2.05) is 18.2 Å². The molecule has 0 radical (unpaired) electrons. The van der Waals surface area contributed by atoms with Crippen molar-refractivity contribution in [3.05, 3.63) is 23.8 Å². The van der Waals surface area contributed by atoms with Gasteiger partial charge in [-0.15, -0.1) is 11.8 Å². The molecule has 1 aromatic rings. The van der Waals surface area contributed by atoms with Crippen molar-refractivity contribution in [1.82, 2.24) is 0 Å². The summed E-state index contributed by atoms with van der Waals surface area (Å²) in [5.41, 5.74) is 0.877. The largest absolute Gasteiger partial charge is 0.496 e. The first-order chi connectivity index (χ1) is 7.72. The van der Waals surface area contributed by atoms with Crippen LogP contribution in [-0.4, -0.2) is 30.7 Å². The van der Waals surface area contributed by atoms with Crippen molar-refractivity contribution in [3.63, 3.8) is 0 Å². The summed E-state index contributed by atoms with van der Waals surface area (Å²) in [7, 11) is 1.63. The van der Waals surface area contributed by atoms with Gasteiger partial charge in [0.25, 0.3) is 0 Å². The molecule has 1 aliphatic rings. The fourth-order valence-corrected chi connectivity index (χ4v) is 2.92. The second-order valence-corrected chi connectivity index (χ2v) is 5.17. The highest BCUT2D eigenvalue weighted by Crippen LogP contribution is 2.38. The molecule has 4 heteroatoms. The molecule has 1 aliphatic heterocycles. The number of benzene rings is 1. The van der Waals surface area contributed by atoms with Crippen molar-refractivity contribution >= 4 is 11.8 Å². The summed E-state index contributed by atoms with van der Waals surface area (Å²) in [5, 5.41) is 10.3. The number of hydrogen-bond acceptors (Lipinski definition) is 4. The van der Waals surface area contributed by atoms with Crippen LogP contribution in [0.15, 0.2) is 23.1 Å². The van der Waals surface area contributed by atoms with E-state index in [-0.39, 0.29) is 0 Å². The number of ether oxygens (including phenoxy) is 2. The van der Waals surface area contributed by atoms with Crippen LogP contribution in [0.25, 0.3) is 0 Å². The van der Waals surface area contributed by atoms with Crippen LogP contribution >= 0.6 is 11.8 Å². The SMILES string of the molecule is COc1cccc(SC2COC2)c1[C@@H](C)O. The Morgan fingerprint density at radius 1 is 1.50 bits per heavy atom. The van der Waals surface area contributed by atoms with Crippen LogP contribution < -0.4 is 4.74 Å². The van der Waals surface area contributed by atoms with Gasteiger partial charge in [0, 0.05) is 10.5 Å². The Balaban J connectivity index is 2.26. The molecule has 0 spiro atoms. The molecule has 1 fully saturated rings. The summed E-state index contributed by atoms with van der Waals surface area (Å²) in [6, 6.07) is 5.85. The average molecular weight is 240 g/mol. The zero-order chi connectivity index (χ0) is 11.5. The molecule has 0 aliphatic carbocycles. The molecule has 2 rings (SSSR count). The van der Waals surface area contributed by atoms with Crippen LogP contribution in [0.3, 0.4) is 0 Å². The maximum Gasteiger partial charge on any atom is 0.125 e. The van der Waals surface area contributed by atoms with Crippen LogP contribution in [-0.2, 0) is 4.74 Å². The maximum atomic E-state index is 9.80. The molecule has 1 atom stereocenters. The third kappa shape index (κ3) is 2.34. The van der Waals surface area contributed by atoms with E-state index in [2.05, 4.69) is 0 Å². The number of thioether (sulfide) groups is 1. The van der Waals surface area contributed by atoms with Crippen LogP contribution in [0.2, 0.25) is 0 Å². The van der Waals surface area contributed by atoms with Crippen LogP contribution in [0, 0.1) is 0 Å². The Bertz CT molecular complexity index is 361. The Kier molecular flexibility index (Phi) is 3.74. The van der Waals surface area contributed by atoms with Crippen molar-refractivity contribution in [3.8, 4) is 5.75 Å². The fourth-order valence-electron chi connectivity index (χ4n) is 1.68. The second-order valence-electron chi connectivity index (χ2n) is 3.83. The molecule has 0 bridgehead atoms. The molecule has 88 valence electrons. The monoisotopic (exact) mass is 240 g/mol. The van der Waals surface area contributed by atoms with Gasteiger partial charge in [-0.05, 0) is 19.1 Å². The summed E-state index contributed by atoms with van der Waals surface area (Å²) in [6.45, 7) is 3.35. The van der Waals surface area contributed by atoms with Crippen molar-refractivity contribution < 1.29 is 14.6 Å². The lowest BCUT2D eigenvalue weighted by Gasteiger charge is -2.27. The lowest BCUT2D eigenvalue weighted by atomic mass is 10.1. The van der Waals surface area contributed by atoms with E-state index in [1.165, 1.54) is 0 Å². The summed E-state index contributed by atoms with van der Waals surface area (Å²) in [5.74, 6) is 0.750. The highest BCUT2D eigenvalue weighted by molar-refractivity contribution is 8.00. The number of methoxy groups -OCH3 is 1. The van der Waals surface area contributed by atoms with E-state index in [9.17, 15) is 5.11 Å². The normalized spacial score (nSPS) is 17.9. The Hall–Kier alpha value is -0.710. The zero-order valence-corrected chi connectivity index (χ0v) is 10.3. The predicted octanol–water partition coefficient (Wildman–Crippen LogP) is 2.24. The third-order valence-corrected chi connectivity index (χ3v) is 3.78. The minimum absolute atomic E-state index is 0.504. The van der Waals surface area contributed by atoms with Crippen LogP contribution in [0.5, 0.6) is 5.75 Å². The Morgan fingerprint density at radius 2 is 2.25 bits per heavy atom. The molecule has 1 heterocycles. The molecule has 0 aromatic heterocycles. The van der Waals surface area contributed by atoms with Gasteiger partial charge in [0.05, 0.1) is 31.7 Å². The number of hydrogen-bond donors (Lipinski definition) is 1.